The summed E-state index contributed by atoms with van der Waals surface area (Å²) in [6.45, 7) is 4.96. The van der Waals surface area contributed by atoms with Crippen LogP contribution in [0.4, 0.5) is 0 Å². The molecule has 2 rings (SSSR count). The van der Waals surface area contributed by atoms with E-state index < -0.39 is 0 Å². The summed E-state index contributed by atoms with van der Waals surface area (Å²) in [7, 11) is 0. The van der Waals surface area contributed by atoms with Crippen LogP contribution in [-0.2, 0) is 19.1 Å². The van der Waals surface area contributed by atoms with Crippen LogP contribution < -0.4 is 0 Å². The molecule has 0 aliphatic carbocycles. The lowest BCUT2D eigenvalue weighted by molar-refractivity contribution is -0.142. The zero-order chi connectivity index (χ0) is 15.2. The van der Waals surface area contributed by atoms with Gasteiger partial charge in [-0.05, 0) is 12.8 Å². The summed E-state index contributed by atoms with van der Waals surface area (Å²) < 4.78 is 5.52. The van der Waals surface area contributed by atoms with Crippen molar-refractivity contribution in [3.63, 3.8) is 0 Å². The van der Waals surface area contributed by atoms with Crippen LogP contribution in [0.1, 0.15) is 19.8 Å². The van der Waals surface area contributed by atoms with Gasteiger partial charge >= 0.3 is 0 Å². The van der Waals surface area contributed by atoms with Crippen LogP contribution in [0.5, 0.6) is 0 Å². The summed E-state index contributed by atoms with van der Waals surface area (Å²) in [6, 6.07) is 0. The number of hydrogen-bond acceptors (Lipinski definition) is 4. The number of amides is 3. The molecule has 0 spiro atoms. The lowest BCUT2D eigenvalue weighted by atomic mass is 10.2. The summed E-state index contributed by atoms with van der Waals surface area (Å²) in [5, 5.41) is 0. The molecular formula is C14H23N3O4. The van der Waals surface area contributed by atoms with Gasteiger partial charge in [0.25, 0.3) is 0 Å². The molecule has 0 radical (unpaired) electrons. The number of rotatable bonds is 5. The molecule has 2 fully saturated rings. The molecule has 7 nitrogen and oxygen atoms in total. The highest BCUT2D eigenvalue weighted by atomic mass is 16.5. The average molecular weight is 297 g/mol. The summed E-state index contributed by atoms with van der Waals surface area (Å²) >= 11 is 0. The third-order valence-electron chi connectivity index (χ3n) is 4.04. The molecule has 0 saturated carbocycles. The second kappa shape index (κ2) is 7.40. The van der Waals surface area contributed by atoms with Gasteiger partial charge in [-0.3, -0.25) is 14.4 Å². The molecule has 3 amide bonds. The minimum atomic E-state index is -0.106. The van der Waals surface area contributed by atoms with Crippen molar-refractivity contribution in [1.29, 1.82) is 0 Å². The van der Waals surface area contributed by atoms with Gasteiger partial charge in [-0.2, -0.15) is 0 Å². The first-order valence-electron chi connectivity index (χ1n) is 7.44. The third-order valence-corrected chi connectivity index (χ3v) is 4.04. The summed E-state index contributed by atoms with van der Waals surface area (Å²) in [6.07, 6.45) is 2.81. The quantitative estimate of drug-likeness (QED) is 0.630. The first-order valence-corrected chi connectivity index (χ1v) is 7.44. The maximum Gasteiger partial charge on any atom is 0.242 e. The lowest BCUT2D eigenvalue weighted by Crippen LogP contribution is -2.51. The second-order valence-electron chi connectivity index (χ2n) is 5.56. The molecule has 0 aromatic heterocycles. The van der Waals surface area contributed by atoms with E-state index >= 15 is 0 Å². The van der Waals surface area contributed by atoms with Gasteiger partial charge in [-0.1, -0.05) is 0 Å². The van der Waals surface area contributed by atoms with Gasteiger partial charge in [0, 0.05) is 46.3 Å². The van der Waals surface area contributed by atoms with Gasteiger partial charge in [0.05, 0.1) is 12.6 Å². The molecule has 118 valence electrons. The number of nitrogens with zero attached hydrogens (tertiary/aromatic N) is 3. The van der Waals surface area contributed by atoms with Crippen LogP contribution in [0.2, 0.25) is 0 Å². The molecule has 1 atom stereocenters. The molecule has 7 heteroatoms. The Morgan fingerprint density at radius 2 is 2.00 bits per heavy atom. The standard InChI is InChI=1S/C14H23N3O4/c1-12(19)17(9-13-3-2-8-21-13)10-14(20)16-6-4-15(11-18)5-7-16/h11,13H,2-10H2,1H3. The normalized spacial score (nSPS) is 22.2. The van der Waals surface area contributed by atoms with Crippen LogP contribution in [-0.4, -0.2) is 84.9 Å². The second-order valence-corrected chi connectivity index (χ2v) is 5.56. The van der Waals surface area contributed by atoms with E-state index in [2.05, 4.69) is 0 Å². The van der Waals surface area contributed by atoms with Crippen molar-refractivity contribution in [3.05, 3.63) is 0 Å². The first-order chi connectivity index (χ1) is 10.1. The molecule has 1 unspecified atom stereocenters. The Bertz CT molecular complexity index is 388. The highest BCUT2D eigenvalue weighted by molar-refractivity contribution is 5.84. The van der Waals surface area contributed by atoms with Crippen molar-refractivity contribution in [1.82, 2.24) is 14.7 Å². The summed E-state index contributed by atoms with van der Waals surface area (Å²) in [5.74, 6) is -0.167. The number of carbonyl (C=O) groups is 3. The van der Waals surface area contributed by atoms with E-state index in [4.69, 9.17) is 4.74 Å². The van der Waals surface area contributed by atoms with E-state index in [1.165, 1.54) is 6.92 Å². The largest absolute Gasteiger partial charge is 0.376 e. The maximum absolute atomic E-state index is 12.3. The first kappa shape index (κ1) is 15.8. The molecule has 2 heterocycles. The Balaban J connectivity index is 1.83. The van der Waals surface area contributed by atoms with Crippen LogP contribution in [0.25, 0.3) is 0 Å². The molecule has 0 N–H and O–H groups in total. The van der Waals surface area contributed by atoms with E-state index in [1.54, 1.807) is 14.7 Å². The molecule has 0 bridgehead atoms. The molecule has 21 heavy (non-hydrogen) atoms. The van der Waals surface area contributed by atoms with Crippen LogP contribution in [0.3, 0.4) is 0 Å². The predicted molar refractivity (Wildman–Crippen MR) is 75.4 cm³/mol. The van der Waals surface area contributed by atoms with Gasteiger partial charge in [0.15, 0.2) is 0 Å². The van der Waals surface area contributed by atoms with Crippen LogP contribution >= 0.6 is 0 Å². The highest BCUT2D eigenvalue weighted by Gasteiger charge is 2.26. The van der Waals surface area contributed by atoms with E-state index in [0.29, 0.717) is 32.7 Å². The number of piperazine rings is 1. The Morgan fingerprint density at radius 3 is 2.52 bits per heavy atom. The fraction of sp³-hybridized carbons (Fsp3) is 0.786. The molecular weight excluding hydrogens is 274 g/mol. The smallest absolute Gasteiger partial charge is 0.242 e. The van der Waals surface area contributed by atoms with Gasteiger partial charge in [-0.15, -0.1) is 0 Å². The van der Waals surface area contributed by atoms with Crippen LogP contribution in [0.15, 0.2) is 0 Å². The van der Waals surface area contributed by atoms with Crippen LogP contribution in [0, 0.1) is 0 Å². The monoisotopic (exact) mass is 297 g/mol. The zero-order valence-corrected chi connectivity index (χ0v) is 12.5. The van der Waals surface area contributed by atoms with E-state index in [9.17, 15) is 14.4 Å². The average Bonchev–Trinajstić information content (AvgIpc) is 2.99. The predicted octanol–water partition coefficient (Wildman–Crippen LogP) is -0.685. The van der Waals surface area contributed by atoms with E-state index in [0.717, 1.165) is 25.9 Å². The van der Waals surface area contributed by atoms with Crippen molar-refractivity contribution in [3.8, 4) is 0 Å². The van der Waals surface area contributed by atoms with Gasteiger partial charge in [0.1, 0.15) is 0 Å². The van der Waals surface area contributed by atoms with Gasteiger partial charge in [0.2, 0.25) is 18.2 Å². The van der Waals surface area contributed by atoms with E-state index in [1.807, 2.05) is 0 Å². The lowest BCUT2D eigenvalue weighted by Gasteiger charge is -2.34. The highest BCUT2D eigenvalue weighted by Crippen LogP contribution is 2.13. The molecule has 0 aromatic carbocycles. The SMILES string of the molecule is CC(=O)N(CC(=O)N1CCN(C=O)CC1)CC1CCCO1. The van der Waals surface area contributed by atoms with E-state index in [-0.39, 0.29) is 24.5 Å². The number of hydrogen-bond donors (Lipinski definition) is 0. The van der Waals surface area contributed by atoms with Gasteiger partial charge < -0.3 is 19.4 Å². The summed E-state index contributed by atoms with van der Waals surface area (Å²) in [5.41, 5.74) is 0. The topological polar surface area (TPSA) is 70.2 Å². The Labute approximate surface area is 124 Å². The Morgan fingerprint density at radius 1 is 1.29 bits per heavy atom. The van der Waals surface area contributed by atoms with Crippen molar-refractivity contribution in [2.24, 2.45) is 0 Å². The Kier molecular flexibility index (Phi) is 5.55. The molecule has 2 saturated heterocycles. The zero-order valence-electron chi connectivity index (χ0n) is 12.5. The number of carbonyl (C=O) groups excluding carboxylic acids is 3. The molecule has 2 aliphatic heterocycles. The Hall–Kier alpha value is -1.63. The molecule has 0 aromatic rings. The van der Waals surface area contributed by atoms with Gasteiger partial charge in [-0.25, -0.2) is 0 Å². The summed E-state index contributed by atoms with van der Waals surface area (Å²) in [4.78, 5) is 39.5. The van der Waals surface area contributed by atoms with Crippen molar-refractivity contribution < 1.29 is 19.1 Å². The maximum atomic E-state index is 12.3. The minimum absolute atomic E-state index is 0.0496. The minimum Gasteiger partial charge on any atom is -0.376 e. The van der Waals surface area contributed by atoms with Crippen molar-refractivity contribution in [2.45, 2.75) is 25.9 Å². The van der Waals surface area contributed by atoms with Crippen molar-refractivity contribution in [2.75, 3.05) is 45.9 Å². The third kappa shape index (κ3) is 4.42. The molecule has 2 aliphatic rings. The fourth-order valence-electron chi connectivity index (χ4n) is 2.68. The van der Waals surface area contributed by atoms with Crippen molar-refractivity contribution >= 4 is 18.2 Å². The number of ether oxygens (including phenoxy) is 1. The fourth-order valence-corrected chi connectivity index (χ4v) is 2.68.